The predicted molar refractivity (Wildman–Crippen MR) is 125 cm³/mol. The Labute approximate surface area is 201 Å². The number of rotatable bonds is 6. The van der Waals surface area contributed by atoms with Crippen molar-refractivity contribution in [3.63, 3.8) is 0 Å². The summed E-state index contributed by atoms with van der Waals surface area (Å²) in [6.07, 6.45) is 0. The Balaban J connectivity index is 1.53. The molecule has 5 rings (SSSR count). The van der Waals surface area contributed by atoms with Crippen LogP contribution in [0.3, 0.4) is 0 Å². The standard InChI is InChI=1S/C26H21ClN2O5/c1-2-30-22-9-15(7-8-20(22)31-13-16-5-3-4-6-19(16)27)25-17-10-23-24(33-14-32-23)11-21(17)34-26(29)18(25)12-28/h3-11,25H,2,13-14,29H2,1H3/t25-/m0/s1. The van der Waals surface area contributed by atoms with Gasteiger partial charge in [0.1, 0.15) is 24.0 Å². The van der Waals surface area contributed by atoms with E-state index in [1.54, 1.807) is 6.07 Å². The molecular weight excluding hydrogens is 456 g/mol. The van der Waals surface area contributed by atoms with E-state index in [0.717, 1.165) is 16.7 Å². The summed E-state index contributed by atoms with van der Waals surface area (Å²) in [6.45, 7) is 2.76. The predicted octanol–water partition coefficient (Wildman–Crippen LogP) is 5.26. The van der Waals surface area contributed by atoms with Crippen molar-refractivity contribution < 1.29 is 23.7 Å². The van der Waals surface area contributed by atoms with Gasteiger partial charge in [-0.3, -0.25) is 0 Å². The molecule has 0 aromatic heterocycles. The molecule has 2 aliphatic rings. The van der Waals surface area contributed by atoms with Crippen LogP contribution in [0.4, 0.5) is 0 Å². The molecule has 0 amide bonds. The second kappa shape index (κ2) is 9.08. The Bertz CT molecular complexity index is 1330. The zero-order valence-electron chi connectivity index (χ0n) is 18.3. The number of nitriles is 1. The molecule has 2 heterocycles. The summed E-state index contributed by atoms with van der Waals surface area (Å²) >= 11 is 6.26. The lowest BCUT2D eigenvalue weighted by Gasteiger charge is -2.27. The second-order valence-corrected chi connectivity index (χ2v) is 8.09. The Morgan fingerprint density at radius 3 is 2.59 bits per heavy atom. The van der Waals surface area contributed by atoms with E-state index in [4.69, 9.17) is 41.0 Å². The van der Waals surface area contributed by atoms with Crippen LogP contribution in [-0.4, -0.2) is 13.4 Å². The number of benzene rings is 3. The third kappa shape index (κ3) is 3.93. The first-order valence-electron chi connectivity index (χ1n) is 10.7. The Morgan fingerprint density at radius 2 is 1.82 bits per heavy atom. The van der Waals surface area contributed by atoms with E-state index >= 15 is 0 Å². The third-order valence-electron chi connectivity index (χ3n) is 5.65. The maximum Gasteiger partial charge on any atom is 0.231 e. The van der Waals surface area contributed by atoms with Gasteiger partial charge in [0.15, 0.2) is 23.0 Å². The van der Waals surface area contributed by atoms with Gasteiger partial charge in [0, 0.05) is 22.2 Å². The molecule has 3 aromatic carbocycles. The quantitative estimate of drug-likeness (QED) is 0.518. The molecule has 0 saturated carbocycles. The number of hydrogen-bond donors (Lipinski definition) is 1. The van der Waals surface area contributed by atoms with Gasteiger partial charge in [0.05, 0.1) is 12.5 Å². The molecule has 172 valence electrons. The summed E-state index contributed by atoms with van der Waals surface area (Å²) in [5.41, 5.74) is 8.85. The number of hydrogen-bond acceptors (Lipinski definition) is 7. The minimum Gasteiger partial charge on any atom is -0.490 e. The van der Waals surface area contributed by atoms with Crippen molar-refractivity contribution in [1.82, 2.24) is 0 Å². The normalized spacial score (nSPS) is 15.9. The number of ether oxygens (including phenoxy) is 5. The zero-order chi connectivity index (χ0) is 23.7. The van der Waals surface area contributed by atoms with E-state index in [-0.39, 0.29) is 12.7 Å². The molecular formula is C26H21ClN2O5. The van der Waals surface area contributed by atoms with E-state index in [0.29, 0.717) is 52.6 Å². The Hall–Kier alpha value is -4.02. The smallest absolute Gasteiger partial charge is 0.231 e. The van der Waals surface area contributed by atoms with Crippen LogP contribution >= 0.6 is 11.6 Å². The first-order valence-corrected chi connectivity index (χ1v) is 11.1. The molecule has 0 radical (unpaired) electrons. The van der Waals surface area contributed by atoms with Gasteiger partial charge in [0.25, 0.3) is 0 Å². The zero-order valence-corrected chi connectivity index (χ0v) is 19.1. The van der Waals surface area contributed by atoms with Gasteiger partial charge in [-0.1, -0.05) is 35.9 Å². The fourth-order valence-corrected chi connectivity index (χ4v) is 4.24. The largest absolute Gasteiger partial charge is 0.490 e. The lowest BCUT2D eigenvalue weighted by molar-refractivity contribution is 0.174. The van der Waals surface area contributed by atoms with E-state index < -0.39 is 5.92 Å². The second-order valence-electron chi connectivity index (χ2n) is 7.69. The highest BCUT2D eigenvalue weighted by Crippen LogP contribution is 2.48. The summed E-state index contributed by atoms with van der Waals surface area (Å²) in [5.74, 6) is 2.38. The van der Waals surface area contributed by atoms with Crippen LogP contribution in [0, 0.1) is 11.3 Å². The van der Waals surface area contributed by atoms with E-state index in [2.05, 4.69) is 6.07 Å². The molecule has 0 bridgehead atoms. The molecule has 8 heteroatoms. The number of nitrogens with two attached hydrogens (primary N) is 1. The lowest BCUT2D eigenvalue weighted by atomic mass is 9.83. The highest BCUT2D eigenvalue weighted by Gasteiger charge is 2.33. The van der Waals surface area contributed by atoms with Gasteiger partial charge in [-0.05, 0) is 36.8 Å². The van der Waals surface area contributed by atoms with Gasteiger partial charge in [-0.15, -0.1) is 0 Å². The number of fused-ring (bicyclic) bond motifs is 2. The summed E-state index contributed by atoms with van der Waals surface area (Å²) in [4.78, 5) is 0. The molecule has 1 atom stereocenters. The third-order valence-corrected chi connectivity index (χ3v) is 6.02. The average Bonchev–Trinajstić information content (AvgIpc) is 3.29. The molecule has 0 saturated heterocycles. The minimum absolute atomic E-state index is 0.0517. The van der Waals surface area contributed by atoms with Gasteiger partial charge >= 0.3 is 0 Å². The van der Waals surface area contributed by atoms with Gasteiger partial charge in [-0.2, -0.15) is 5.26 Å². The van der Waals surface area contributed by atoms with Crippen molar-refractivity contribution in [2.24, 2.45) is 5.73 Å². The van der Waals surface area contributed by atoms with Crippen LogP contribution in [0.15, 0.2) is 66.1 Å². The fraction of sp³-hybridized carbons (Fsp3) is 0.192. The first-order chi connectivity index (χ1) is 16.6. The van der Waals surface area contributed by atoms with Crippen molar-refractivity contribution in [3.8, 4) is 34.8 Å². The van der Waals surface area contributed by atoms with Crippen LogP contribution < -0.4 is 29.4 Å². The van der Waals surface area contributed by atoms with Crippen LogP contribution in [0.25, 0.3) is 0 Å². The number of halogens is 1. The van der Waals surface area contributed by atoms with Gasteiger partial charge < -0.3 is 29.4 Å². The van der Waals surface area contributed by atoms with E-state index in [1.807, 2.05) is 55.5 Å². The summed E-state index contributed by atoms with van der Waals surface area (Å²) < 4.78 is 28.7. The monoisotopic (exact) mass is 476 g/mol. The fourth-order valence-electron chi connectivity index (χ4n) is 4.05. The highest BCUT2D eigenvalue weighted by atomic mass is 35.5. The molecule has 2 N–H and O–H groups in total. The minimum atomic E-state index is -0.472. The van der Waals surface area contributed by atoms with Crippen LogP contribution in [0.2, 0.25) is 5.02 Å². The van der Waals surface area contributed by atoms with E-state index in [1.165, 1.54) is 0 Å². The summed E-state index contributed by atoms with van der Waals surface area (Å²) in [5, 5.41) is 10.5. The Kier molecular flexibility index (Phi) is 5.83. The molecule has 0 spiro atoms. The van der Waals surface area contributed by atoms with Crippen molar-refractivity contribution in [1.29, 1.82) is 5.26 Å². The molecule has 0 aliphatic carbocycles. The maximum atomic E-state index is 9.88. The van der Waals surface area contributed by atoms with Crippen LogP contribution in [0.5, 0.6) is 28.7 Å². The average molecular weight is 477 g/mol. The number of allylic oxidation sites excluding steroid dienone is 1. The van der Waals surface area contributed by atoms with Crippen LogP contribution in [0.1, 0.15) is 29.5 Å². The van der Waals surface area contributed by atoms with Gasteiger partial charge in [-0.25, -0.2) is 0 Å². The maximum absolute atomic E-state index is 9.88. The number of nitrogens with zero attached hydrogens (tertiary/aromatic N) is 1. The highest BCUT2D eigenvalue weighted by molar-refractivity contribution is 6.31. The van der Waals surface area contributed by atoms with Crippen molar-refractivity contribution in [2.45, 2.75) is 19.4 Å². The Morgan fingerprint density at radius 1 is 1.03 bits per heavy atom. The molecule has 0 fully saturated rings. The van der Waals surface area contributed by atoms with Gasteiger partial charge in [0.2, 0.25) is 12.7 Å². The molecule has 34 heavy (non-hydrogen) atoms. The van der Waals surface area contributed by atoms with Crippen molar-refractivity contribution in [3.05, 3.63) is 87.8 Å². The lowest BCUT2D eigenvalue weighted by Crippen LogP contribution is -2.21. The molecule has 2 aliphatic heterocycles. The van der Waals surface area contributed by atoms with Crippen molar-refractivity contribution >= 4 is 11.6 Å². The molecule has 3 aromatic rings. The first kappa shape index (κ1) is 21.8. The van der Waals surface area contributed by atoms with Crippen LogP contribution in [-0.2, 0) is 6.61 Å². The summed E-state index contributed by atoms with van der Waals surface area (Å²) in [6, 6.07) is 18.8. The van der Waals surface area contributed by atoms with Crippen molar-refractivity contribution in [2.75, 3.05) is 13.4 Å². The topological polar surface area (TPSA) is 96.0 Å². The SMILES string of the molecule is CCOc1cc([C@@H]2C(C#N)=C(N)Oc3cc4c(cc32)OCO4)ccc1OCc1ccccc1Cl. The van der Waals surface area contributed by atoms with E-state index in [9.17, 15) is 5.26 Å². The summed E-state index contributed by atoms with van der Waals surface area (Å²) in [7, 11) is 0. The molecule has 7 nitrogen and oxygen atoms in total. The molecule has 0 unspecified atom stereocenters.